The smallest absolute Gasteiger partial charge is 0.293 e. The normalized spacial score (nSPS) is 15.6. The van der Waals surface area contributed by atoms with Gasteiger partial charge in [-0.05, 0) is 42.5 Å². The van der Waals surface area contributed by atoms with Crippen LogP contribution in [0.5, 0.6) is 0 Å². The van der Waals surface area contributed by atoms with Gasteiger partial charge in [0.25, 0.3) is 17.1 Å². The van der Waals surface area contributed by atoms with E-state index in [2.05, 4.69) is 10.3 Å². The summed E-state index contributed by atoms with van der Waals surface area (Å²) in [6.07, 6.45) is 1.69. The van der Waals surface area contributed by atoms with E-state index in [1.165, 1.54) is 0 Å². The van der Waals surface area contributed by atoms with Crippen molar-refractivity contribution in [1.29, 1.82) is 0 Å². The maximum Gasteiger partial charge on any atom is 0.293 e. The van der Waals surface area contributed by atoms with E-state index < -0.39 is 0 Å². The number of rotatable bonds is 5. The highest BCUT2D eigenvalue weighted by Gasteiger charge is 2.34. The average Bonchev–Trinajstić information content (AvgIpc) is 2.90. The summed E-state index contributed by atoms with van der Waals surface area (Å²) in [5, 5.41) is 2.35. The third-order valence-corrected chi connectivity index (χ3v) is 4.62. The van der Waals surface area contributed by atoms with E-state index in [0.717, 1.165) is 27.9 Å². The second kappa shape index (κ2) is 7.97. The van der Waals surface area contributed by atoms with Gasteiger partial charge in [0.1, 0.15) is 5.69 Å². The molecule has 26 heavy (non-hydrogen) atoms. The maximum atomic E-state index is 12.4. The lowest BCUT2D eigenvalue weighted by molar-refractivity contribution is -0.122. The van der Waals surface area contributed by atoms with E-state index in [-0.39, 0.29) is 30.1 Å². The molecule has 132 valence electrons. The van der Waals surface area contributed by atoms with Gasteiger partial charge in [-0.15, -0.1) is 0 Å². The standard InChI is InChI=1S/C19H17N3O3S/c1-13-6-5-9-15(21-13)17(23)20-10-11-22-18(24)16(26-19(22)25)12-14-7-3-2-4-8-14/h2-9,12H,10-11H2,1H3,(H,20,23). The molecule has 6 nitrogen and oxygen atoms in total. The molecule has 1 aliphatic rings. The van der Waals surface area contributed by atoms with Crippen molar-refractivity contribution in [3.05, 3.63) is 70.4 Å². The van der Waals surface area contributed by atoms with Crippen LogP contribution in [0.1, 0.15) is 21.7 Å². The first kappa shape index (κ1) is 17.9. The van der Waals surface area contributed by atoms with E-state index in [1.54, 1.807) is 31.2 Å². The van der Waals surface area contributed by atoms with E-state index in [1.807, 2.05) is 30.3 Å². The first-order valence-corrected chi connectivity index (χ1v) is 8.88. The lowest BCUT2D eigenvalue weighted by Gasteiger charge is -2.12. The quantitative estimate of drug-likeness (QED) is 0.822. The zero-order chi connectivity index (χ0) is 18.5. The molecule has 3 amide bonds. The Kier molecular flexibility index (Phi) is 5.48. The number of nitrogens with zero attached hydrogens (tertiary/aromatic N) is 2. The molecule has 1 aromatic carbocycles. The molecular formula is C19H17N3O3S. The fraction of sp³-hybridized carbons (Fsp3) is 0.158. The summed E-state index contributed by atoms with van der Waals surface area (Å²) in [4.78, 5) is 42.2. The third-order valence-electron chi connectivity index (χ3n) is 3.71. The molecule has 1 saturated heterocycles. The number of pyridine rings is 1. The molecule has 0 radical (unpaired) electrons. The van der Waals surface area contributed by atoms with Crippen molar-refractivity contribution in [3.8, 4) is 0 Å². The van der Waals surface area contributed by atoms with Crippen LogP contribution in [0.4, 0.5) is 4.79 Å². The van der Waals surface area contributed by atoms with Crippen molar-refractivity contribution in [2.45, 2.75) is 6.92 Å². The number of imide groups is 1. The van der Waals surface area contributed by atoms with Crippen LogP contribution < -0.4 is 5.32 Å². The van der Waals surface area contributed by atoms with Gasteiger partial charge >= 0.3 is 0 Å². The number of benzene rings is 1. The topological polar surface area (TPSA) is 79.4 Å². The molecule has 1 N–H and O–H groups in total. The molecule has 3 rings (SSSR count). The minimum Gasteiger partial charge on any atom is -0.349 e. The van der Waals surface area contributed by atoms with Crippen molar-refractivity contribution < 1.29 is 14.4 Å². The minimum atomic E-state index is -0.341. The van der Waals surface area contributed by atoms with Gasteiger partial charge in [0, 0.05) is 18.8 Å². The zero-order valence-corrected chi connectivity index (χ0v) is 15.0. The summed E-state index contributed by atoms with van der Waals surface area (Å²) in [5.41, 5.74) is 1.91. The van der Waals surface area contributed by atoms with E-state index in [9.17, 15) is 14.4 Å². The molecule has 1 aliphatic heterocycles. The molecule has 0 atom stereocenters. The number of nitrogens with one attached hydrogen (secondary N) is 1. The Bertz CT molecular complexity index is 881. The first-order valence-electron chi connectivity index (χ1n) is 8.07. The molecule has 1 fully saturated rings. The summed E-state index contributed by atoms with van der Waals surface area (Å²) >= 11 is 0.907. The van der Waals surface area contributed by atoms with Crippen LogP contribution in [-0.2, 0) is 4.79 Å². The SMILES string of the molecule is Cc1cccc(C(=O)NCCN2C(=O)SC(=Cc3ccccc3)C2=O)n1. The van der Waals surface area contributed by atoms with Crippen LogP contribution in [0.3, 0.4) is 0 Å². The fourth-order valence-corrected chi connectivity index (χ4v) is 3.30. The van der Waals surface area contributed by atoms with Crippen molar-refractivity contribution in [1.82, 2.24) is 15.2 Å². The molecule has 2 heterocycles. The summed E-state index contributed by atoms with van der Waals surface area (Å²) in [7, 11) is 0. The number of thioether (sulfide) groups is 1. The highest BCUT2D eigenvalue weighted by atomic mass is 32.2. The Morgan fingerprint density at radius 3 is 2.65 bits per heavy atom. The molecule has 2 aromatic rings. The second-order valence-electron chi connectivity index (χ2n) is 5.66. The van der Waals surface area contributed by atoms with Gasteiger partial charge in [0.2, 0.25) is 0 Å². The van der Waals surface area contributed by atoms with Crippen molar-refractivity contribution in [2.75, 3.05) is 13.1 Å². The summed E-state index contributed by atoms with van der Waals surface area (Å²) in [5.74, 6) is -0.674. The Balaban J connectivity index is 1.58. The van der Waals surface area contributed by atoms with Crippen LogP contribution in [0.15, 0.2) is 53.4 Å². The number of carbonyl (C=O) groups excluding carboxylic acids is 3. The number of aromatic nitrogens is 1. The number of amides is 3. The van der Waals surface area contributed by atoms with Crippen LogP contribution in [0.2, 0.25) is 0 Å². The van der Waals surface area contributed by atoms with Crippen LogP contribution >= 0.6 is 11.8 Å². The number of carbonyl (C=O) groups is 3. The van der Waals surface area contributed by atoms with Gasteiger partial charge in [-0.25, -0.2) is 4.98 Å². The molecule has 7 heteroatoms. The highest BCUT2D eigenvalue weighted by molar-refractivity contribution is 8.18. The number of aryl methyl sites for hydroxylation is 1. The first-order chi connectivity index (χ1) is 12.5. The molecule has 0 spiro atoms. The molecule has 0 saturated carbocycles. The predicted octanol–water partition coefficient (Wildman–Crippen LogP) is 2.86. The van der Waals surface area contributed by atoms with Gasteiger partial charge in [0.05, 0.1) is 4.91 Å². The number of hydrogen-bond donors (Lipinski definition) is 1. The Morgan fingerprint density at radius 2 is 1.92 bits per heavy atom. The average molecular weight is 367 g/mol. The monoisotopic (exact) mass is 367 g/mol. The van der Waals surface area contributed by atoms with E-state index in [4.69, 9.17) is 0 Å². The highest BCUT2D eigenvalue weighted by Crippen LogP contribution is 2.31. The molecular weight excluding hydrogens is 350 g/mol. The van der Waals surface area contributed by atoms with E-state index >= 15 is 0 Å². The number of hydrogen-bond acceptors (Lipinski definition) is 5. The van der Waals surface area contributed by atoms with Crippen LogP contribution in [0.25, 0.3) is 6.08 Å². The molecule has 1 aromatic heterocycles. The predicted molar refractivity (Wildman–Crippen MR) is 100 cm³/mol. The minimum absolute atomic E-state index is 0.119. The Hall–Kier alpha value is -2.93. The van der Waals surface area contributed by atoms with E-state index in [0.29, 0.717) is 10.6 Å². The largest absolute Gasteiger partial charge is 0.349 e. The van der Waals surface area contributed by atoms with Crippen molar-refractivity contribution >= 4 is 34.9 Å². The lowest BCUT2D eigenvalue weighted by Crippen LogP contribution is -2.37. The second-order valence-corrected chi connectivity index (χ2v) is 6.66. The Labute approximate surface area is 155 Å². The fourth-order valence-electron chi connectivity index (χ4n) is 2.43. The van der Waals surface area contributed by atoms with Gasteiger partial charge in [0.15, 0.2) is 0 Å². The Morgan fingerprint density at radius 1 is 1.15 bits per heavy atom. The summed E-state index contributed by atoms with van der Waals surface area (Å²) < 4.78 is 0. The van der Waals surface area contributed by atoms with Gasteiger partial charge in [-0.3, -0.25) is 19.3 Å². The van der Waals surface area contributed by atoms with Gasteiger partial charge < -0.3 is 5.32 Å². The maximum absolute atomic E-state index is 12.4. The van der Waals surface area contributed by atoms with Crippen LogP contribution in [-0.4, -0.2) is 40.0 Å². The lowest BCUT2D eigenvalue weighted by atomic mass is 10.2. The summed E-state index contributed by atoms with van der Waals surface area (Å²) in [6, 6.07) is 14.5. The third kappa shape index (κ3) is 4.18. The molecule has 0 bridgehead atoms. The molecule has 0 aliphatic carbocycles. The van der Waals surface area contributed by atoms with Gasteiger partial charge in [-0.1, -0.05) is 36.4 Å². The van der Waals surface area contributed by atoms with Crippen molar-refractivity contribution in [3.63, 3.8) is 0 Å². The molecule has 0 unspecified atom stereocenters. The zero-order valence-electron chi connectivity index (χ0n) is 14.1. The van der Waals surface area contributed by atoms with Crippen LogP contribution in [0, 0.1) is 6.92 Å². The summed E-state index contributed by atoms with van der Waals surface area (Å²) in [6.45, 7) is 2.09. The van der Waals surface area contributed by atoms with Crippen molar-refractivity contribution in [2.24, 2.45) is 0 Å². The van der Waals surface area contributed by atoms with Gasteiger partial charge in [-0.2, -0.15) is 0 Å².